The van der Waals surface area contributed by atoms with Gasteiger partial charge in [0.05, 0.1) is 25.0 Å². The third kappa shape index (κ3) is 19.1. The van der Waals surface area contributed by atoms with Gasteiger partial charge in [-0.3, -0.25) is 33.6 Å². The van der Waals surface area contributed by atoms with Crippen LogP contribution in [0.5, 0.6) is 0 Å². The van der Waals surface area contributed by atoms with Gasteiger partial charge in [-0.15, -0.1) is 0 Å². The first-order valence-corrected chi connectivity index (χ1v) is 16.0. The Morgan fingerprint density at radius 1 is 0.887 bits per heavy atom. The lowest BCUT2D eigenvalue weighted by atomic mass is 9.89. The van der Waals surface area contributed by atoms with Gasteiger partial charge in [0, 0.05) is 32.1 Å². The van der Waals surface area contributed by atoms with Crippen molar-refractivity contribution in [3.63, 3.8) is 0 Å². The van der Waals surface area contributed by atoms with E-state index in [0.717, 1.165) is 5.56 Å². The van der Waals surface area contributed by atoms with Gasteiger partial charge in [0.25, 0.3) is 0 Å². The van der Waals surface area contributed by atoms with Crippen molar-refractivity contribution >= 4 is 97.2 Å². The van der Waals surface area contributed by atoms with Gasteiger partial charge in [-0.25, -0.2) is 9.97 Å². The summed E-state index contributed by atoms with van der Waals surface area (Å²) >= 11 is 6.00. The van der Waals surface area contributed by atoms with Crippen molar-refractivity contribution in [1.29, 1.82) is 0 Å². The normalized spacial score (nSPS) is 11.2. The van der Waals surface area contributed by atoms with Crippen molar-refractivity contribution < 1.29 is 38.7 Å². The predicted octanol–water partition coefficient (Wildman–Crippen LogP) is 1.65. The number of hydrogen-bond acceptors (Lipinski definition) is 11. The lowest BCUT2D eigenvalue weighted by molar-refractivity contribution is -0.144. The second-order valence-electron chi connectivity index (χ2n) is 11.8. The van der Waals surface area contributed by atoms with Crippen molar-refractivity contribution in [1.82, 2.24) is 20.6 Å². The largest absolute Gasteiger partial charge is 0.481 e. The number of nitrogens with two attached hydrogens (primary N) is 3. The summed E-state index contributed by atoms with van der Waals surface area (Å²) in [6.07, 6.45) is -0.714. The number of nitrogen functional groups attached to an aromatic ring is 1. The summed E-state index contributed by atoms with van der Waals surface area (Å²) in [6, 6.07) is 7.95. The summed E-state index contributed by atoms with van der Waals surface area (Å²) in [4.78, 5) is 97.4. The van der Waals surface area contributed by atoms with Crippen LogP contribution in [0.3, 0.4) is 0 Å². The summed E-state index contributed by atoms with van der Waals surface area (Å²) < 4.78 is 0. The zero-order valence-corrected chi connectivity index (χ0v) is 31.5. The number of aliphatic carboxylic acids is 1. The average molecular weight is 800 g/mol. The van der Waals surface area contributed by atoms with Crippen molar-refractivity contribution in [3.05, 3.63) is 46.7 Å². The summed E-state index contributed by atoms with van der Waals surface area (Å²) in [5.74, 6) is -6.28. The van der Waals surface area contributed by atoms with Gasteiger partial charge < -0.3 is 38.3 Å². The van der Waals surface area contributed by atoms with Gasteiger partial charge in [-0.1, -0.05) is 63.2 Å². The quantitative estimate of drug-likeness (QED) is 0.0698. The Bertz CT molecular complexity index is 1610. The number of aliphatic imine (C=N–C) groups is 1. The highest BCUT2D eigenvalue weighted by molar-refractivity contribution is 7.59. The number of carbonyl (C=O) groups is 7. The Morgan fingerprint density at radius 3 is 2.04 bits per heavy atom. The third-order valence-corrected chi connectivity index (χ3v) is 7.33. The van der Waals surface area contributed by atoms with Crippen LogP contribution in [0.15, 0.2) is 35.3 Å². The van der Waals surface area contributed by atoms with Crippen LogP contribution >= 0.6 is 38.6 Å². The molecule has 0 fully saturated rings. The molecule has 294 valence electrons. The Hall–Kier alpha value is -4.75. The van der Waals surface area contributed by atoms with Crippen LogP contribution in [0.1, 0.15) is 75.9 Å². The number of Topliss-reactive ketones (excluding diaryl/α,β-unsaturated/α-hetero) is 3. The second-order valence-corrected chi connectivity index (χ2v) is 12.1. The number of amides is 3. The van der Waals surface area contributed by atoms with Crippen molar-refractivity contribution in [2.45, 2.75) is 72.3 Å². The molecule has 0 saturated carbocycles. The number of aromatic nitrogens is 2. The number of halogens is 1. The van der Waals surface area contributed by atoms with Gasteiger partial charge in [0.15, 0.2) is 45.8 Å². The number of carbonyl (C=O) groups excluding carboxylic acids is 6. The summed E-state index contributed by atoms with van der Waals surface area (Å²) in [6.45, 7) is 3.03. The number of carboxylic acid groups (broad SMARTS) is 1. The number of anilines is 2. The number of nitrogens with one attached hydrogen (secondary N) is 3. The fourth-order valence-electron chi connectivity index (χ4n) is 4.61. The van der Waals surface area contributed by atoms with Crippen LogP contribution in [0.25, 0.3) is 0 Å². The molecule has 0 aliphatic carbocycles. The van der Waals surface area contributed by atoms with E-state index in [1.165, 1.54) is 0 Å². The Balaban J connectivity index is 0. The van der Waals surface area contributed by atoms with Gasteiger partial charge in [-0.05, 0) is 24.3 Å². The topological polar surface area (TPSA) is 292 Å². The Kier molecular flexibility index (Phi) is 24.0. The molecule has 20 heteroatoms. The molecule has 0 bridgehead atoms. The molecule has 17 nitrogen and oxygen atoms in total. The molecule has 0 spiro atoms. The van der Waals surface area contributed by atoms with Crippen LogP contribution in [-0.2, 0) is 35.2 Å². The van der Waals surface area contributed by atoms with Crippen LogP contribution in [0.4, 0.5) is 11.6 Å². The van der Waals surface area contributed by atoms with Crippen LogP contribution in [-0.4, -0.2) is 81.2 Å². The SMILES string of the molecule is C.CC(C)C[C@H](CC(=O)[C@H](Cc1ccccc1)NC(=O)CCC(=O)CNC(=O)CCC(=O)CNc1nc(N)c(C(=O)N=C(N)N)nc1Cl)C(=O)O.S.S. The molecule has 1 aromatic carbocycles. The number of carboxylic acids is 1. The first kappa shape index (κ1) is 50.4. The molecule has 0 unspecified atom stereocenters. The van der Waals surface area contributed by atoms with Crippen molar-refractivity contribution in [2.75, 3.05) is 24.1 Å². The molecular formula is C33H50ClN9O8S2. The number of hydrogen-bond donors (Lipinski definition) is 7. The minimum atomic E-state index is -1.08. The molecule has 2 rings (SSSR count). The molecule has 0 aliphatic rings. The maximum absolute atomic E-state index is 13.2. The van der Waals surface area contributed by atoms with E-state index in [0.29, 0.717) is 6.42 Å². The fraction of sp³-hybridized carbons (Fsp3) is 0.455. The maximum atomic E-state index is 13.2. The Morgan fingerprint density at radius 2 is 1.47 bits per heavy atom. The van der Waals surface area contributed by atoms with Gasteiger partial charge in [-0.2, -0.15) is 32.0 Å². The highest BCUT2D eigenvalue weighted by Gasteiger charge is 2.28. The van der Waals surface area contributed by atoms with E-state index in [-0.39, 0.29) is 109 Å². The minimum Gasteiger partial charge on any atom is -0.481 e. The Labute approximate surface area is 327 Å². The standard InChI is InChI=1S/C32H42ClN9O8.CH4.2H2S/c1-17(2)12-19(31(49)50)14-23(45)22(13-18-6-4-3-5-7-18)39-25(47)11-9-20(43)15-37-24(46)10-8-21(44)16-38-29-27(33)40-26(28(34)41-29)30(48)42-32(35)36;;;/h3-7,17,19,22H,8-16H2,1-2H3,(H,37,46)(H,39,47)(H,49,50)(H3,34,38,41)(H4,35,36,42,48);1H4;2*1H2/t19-,22+;;;/m1.../s1. The van der Waals surface area contributed by atoms with Crippen LogP contribution in [0.2, 0.25) is 5.15 Å². The number of rotatable bonds is 21. The molecule has 53 heavy (non-hydrogen) atoms. The maximum Gasteiger partial charge on any atom is 0.306 e. The molecular weight excluding hydrogens is 750 g/mol. The smallest absolute Gasteiger partial charge is 0.306 e. The highest BCUT2D eigenvalue weighted by Crippen LogP contribution is 2.21. The van der Waals surface area contributed by atoms with Crippen LogP contribution < -0.4 is 33.2 Å². The first-order valence-electron chi connectivity index (χ1n) is 15.6. The molecule has 0 saturated heterocycles. The van der Waals surface area contributed by atoms with E-state index >= 15 is 0 Å². The molecule has 1 aromatic heterocycles. The summed E-state index contributed by atoms with van der Waals surface area (Å²) in [5, 5.41) is 17.0. The zero-order chi connectivity index (χ0) is 37.4. The molecule has 2 aromatic rings. The van der Waals surface area contributed by atoms with E-state index in [2.05, 4.69) is 30.9 Å². The molecule has 10 N–H and O–H groups in total. The van der Waals surface area contributed by atoms with Crippen LogP contribution in [0, 0.1) is 11.8 Å². The predicted molar refractivity (Wildman–Crippen MR) is 211 cm³/mol. The number of ketones is 3. The second kappa shape index (κ2) is 25.3. The molecule has 0 radical (unpaired) electrons. The van der Waals surface area contributed by atoms with E-state index in [4.69, 9.17) is 28.8 Å². The monoisotopic (exact) mass is 799 g/mol. The van der Waals surface area contributed by atoms with Crippen molar-refractivity contribution in [3.8, 4) is 0 Å². The number of nitrogens with zero attached hydrogens (tertiary/aromatic N) is 3. The van der Waals surface area contributed by atoms with E-state index in [1.807, 2.05) is 13.8 Å². The molecule has 0 aliphatic heterocycles. The van der Waals surface area contributed by atoms with E-state index < -0.39 is 64.7 Å². The number of guanidine groups is 1. The highest BCUT2D eigenvalue weighted by atomic mass is 35.5. The summed E-state index contributed by atoms with van der Waals surface area (Å²) in [7, 11) is 0. The van der Waals surface area contributed by atoms with E-state index in [9.17, 15) is 38.7 Å². The zero-order valence-electron chi connectivity index (χ0n) is 28.7. The molecule has 3 amide bonds. The van der Waals surface area contributed by atoms with Gasteiger partial charge in [0.2, 0.25) is 11.8 Å². The number of benzene rings is 1. The lowest BCUT2D eigenvalue weighted by Gasteiger charge is -2.21. The minimum absolute atomic E-state index is 0. The molecule has 1 heterocycles. The third-order valence-electron chi connectivity index (χ3n) is 7.07. The average Bonchev–Trinajstić information content (AvgIpc) is 3.04. The lowest BCUT2D eigenvalue weighted by Crippen LogP contribution is -2.43. The van der Waals surface area contributed by atoms with Gasteiger partial charge in [0.1, 0.15) is 0 Å². The first-order chi connectivity index (χ1) is 23.5. The molecule has 2 atom stereocenters. The summed E-state index contributed by atoms with van der Waals surface area (Å²) in [5.41, 5.74) is 16.4. The fourth-order valence-corrected chi connectivity index (χ4v) is 4.80. The van der Waals surface area contributed by atoms with E-state index in [1.54, 1.807) is 30.3 Å². The van der Waals surface area contributed by atoms with Crippen molar-refractivity contribution in [2.24, 2.45) is 28.3 Å². The van der Waals surface area contributed by atoms with Gasteiger partial charge >= 0.3 is 11.9 Å².